The van der Waals surface area contributed by atoms with Gasteiger partial charge in [0.05, 0.1) is 5.60 Å². The zero-order valence-electron chi connectivity index (χ0n) is 13.9. The van der Waals surface area contributed by atoms with Crippen LogP contribution in [0.2, 0.25) is 0 Å². The summed E-state index contributed by atoms with van der Waals surface area (Å²) in [5.74, 6) is 2.06. The third-order valence-electron chi connectivity index (χ3n) is 4.71. The van der Waals surface area contributed by atoms with Gasteiger partial charge >= 0.3 is 0 Å². The second-order valence-corrected chi connectivity index (χ2v) is 8.02. The highest BCUT2D eigenvalue weighted by Crippen LogP contribution is 2.29. The Bertz CT molecular complexity index is 346. The number of nitrogens with one attached hydrogen (secondary N) is 2. The van der Waals surface area contributed by atoms with E-state index < -0.39 is 5.60 Å². The van der Waals surface area contributed by atoms with Crippen molar-refractivity contribution in [3.63, 3.8) is 0 Å². The molecule has 0 radical (unpaired) electrons. The van der Waals surface area contributed by atoms with Crippen molar-refractivity contribution in [3.05, 3.63) is 0 Å². The van der Waals surface area contributed by atoms with Crippen molar-refractivity contribution in [3.8, 4) is 0 Å². The smallest absolute Gasteiger partial charge is 0.191 e. The van der Waals surface area contributed by atoms with Gasteiger partial charge in [-0.15, -0.1) is 24.0 Å². The monoisotopic (exact) mass is 441 g/mol. The first-order valence-electron chi connectivity index (χ1n) is 8.46. The number of aliphatic imine (C=N–C) groups is 1. The van der Waals surface area contributed by atoms with E-state index in [2.05, 4.69) is 34.3 Å². The van der Waals surface area contributed by atoms with Crippen LogP contribution in [0.25, 0.3) is 0 Å². The third kappa shape index (κ3) is 6.43. The third-order valence-corrected chi connectivity index (χ3v) is 5.94. The maximum atomic E-state index is 10.4. The largest absolute Gasteiger partial charge is 0.388 e. The van der Waals surface area contributed by atoms with Gasteiger partial charge < -0.3 is 15.7 Å². The molecule has 2 fully saturated rings. The fraction of sp³-hybridized carbons (Fsp3) is 0.938. The van der Waals surface area contributed by atoms with Crippen LogP contribution in [0.15, 0.2) is 4.99 Å². The zero-order valence-corrected chi connectivity index (χ0v) is 17.1. The Labute approximate surface area is 156 Å². The molecule has 0 aromatic rings. The van der Waals surface area contributed by atoms with Crippen LogP contribution in [0.4, 0.5) is 0 Å². The molecule has 2 atom stereocenters. The Morgan fingerprint density at radius 2 is 2.00 bits per heavy atom. The number of guanidine groups is 1. The van der Waals surface area contributed by atoms with E-state index in [9.17, 15) is 5.11 Å². The molecule has 0 heterocycles. The van der Waals surface area contributed by atoms with E-state index in [0.29, 0.717) is 12.6 Å². The van der Waals surface area contributed by atoms with Gasteiger partial charge in [-0.3, -0.25) is 4.99 Å². The lowest BCUT2D eigenvalue weighted by atomic mass is 9.95. The van der Waals surface area contributed by atoms with E-state index in [1.54, 1.807) is 0 Å². The van der Waals surface area contributed by atoms with Crippen LogP contribution in [-0.2, 0) is 0 Å². The summed E-state index contributed by atoms with van der Waals surface area (Å²) >= 11 is 2.08. The first-order valence-corrected chi connectivity index (χ1v) is 9.51. The molecule has 3 N–H and O–H groups in total. The van der Waals surface area contributed by atoms with Crippen LogP contribution in [0.1, 0.15) is 58.3 Å². The number of hydrogen-bond acceptors (Lipinski definition) is 3. The molecule has 2 saturated carbocycles. The molecule has 0 aromatic carbocycles. The molecule has 0 amide bonds. The minimum Gasteiger partial charge on any atom is -0.388 e. The van der Waals surface area contributed by atoms with Crippen molar-refractivity contribution in [2.75, 3.05) is 19.3 Å². The molecule has 2 aliphatic carbocycles. The lowest BCUT2D eigenvalue weighted by Crippen LogP contribution is -2.50. The molecule has 0 aliphatic heterocycles. The van der Waals surface area contributed by atoms with Crippen molar-refractivity contribution >= 4 is 41.7 Å². The molecule has 0 bridgehead atoms. The van der Waals surface area contributed by atoms with Gasteiger partial charge in [0.25, 0.3) is 0 Å². The first-order chi connectivity index (χ1) is 10.1. The van der Waals surface area contributed by atoms with Crippen LogP contribution in [-0.4, -0.2) is 47.3 Å². The van der Waals surface area contributed by atoms with Crippen molar-refractivity contribution in [1.82, 2.24) is 10.6 Å². The molecular weight excluding hydrogens is 409 g/mol. The maximum Gasteiger partial charge on any atom is 0.191 e. The molecule has 22 heavy (non-hydrogen) atoms. The summed E-state index contributed by atoms with van der Waals surface area (Å²) in [6.07, 6.45) is 9.21. The lowest BCUT2D eigenvalue weighted by molar-refractivity contribution is 0.0521. The summed E-state index contributed by atoms with van der Waals surface area (Å²) in [6, 6.07) is 0.521. The van der Waals surface area contributed by atoms with Crippen LogP contribution in [0.3, 0.4) is 0 Å². The molecule has 2 rings (SSSR count). The minimum absolute atomic E-state index is 0. The summed E-state index contributed by atoms with van der Waals surface area (Å²) in [7, 11) is 1.81. The highest BCUT2D eigenvalue weighted by molar-refractivity contribution is 14.0. The van der Waals surface area contributed by atoms with Gasteiger partial charge in [0.15, 0.2) is 5.96 Å². The van der Waals surface area contributed by atoms with Crippen LogP contribution >= 0.6 is 35.7 Å². The van der Waals surface area contributed by atoms with Crippen LogP contribution in [0, 0.1) is 0 Å². The van der Waals surface area contributed by atoms with E-state index in [-0.39, 0.29) is 24.0 Å². The molecule has 0 spiro atoms. The topological polar surface area (TPSA) is 56.7 Å². The Kier molecular flexibility index (Phi) is 9.47. The standard InChI is InChI=1S/C16H31N3OS.HI/c1-3-21-14-8-6-7-13(11-14)19-15(17-2)18-12-16(20)9-4-5-10-16;/h13-14,20H,3-12H2,1-2H3,(H2,17,18,19);1H. The minimum atomic E-state index is -0.523. The van der Waals surface area contributed by atoms with E-state index in [0.717, 1.165) is 36.9 Å². The fourth-order valence-electron chi connectivity index (χ4n) is 3.51. The van der Waals surface area contributed by atoms with E-state index >= 15 is 0 Å². The van der Waals surface area contributed by atoms with Gasteiger partial charge in [0.1, 0.15) is 0 Å². The van der Waals surface area contributed by atoms with Gasteiger partial charge in [-0.2, -0.15) is 11.8 Å². The fourth-order valence-corrected chi connectivity index (χ4v) is 4.68. The van der Waals surface area contributed by atoms with Crippen molar-refractivity contribution in [2.45, 2.75) is 75.2 Å². The number of thioether (sulfide) groups is 1. The van der Waals surface area contributed by atoms with Gasteiger partial charge in [-0.05, 0) is 37.9 Å². The molecule has 2 aliphatic rings. The normalized spacial score (nSPS) is 28.0. The molecule has 0 aromatic heterocycles. The Morgan fingerprint density at radius 1 is 1.27 bits per heavy atom. The molecular formula is C16H32IN3OS. The first kappa shape index (κ1) is 20.4. The molecule has 0 saturated heterocycles. The predicted octanol–water partition coefficient (Wildman–Crippen LogP) is 3.14. The summed E-state index contributed by atoms with van der Waals surface area (Å²) < 4.78 is 0. The van der Waals surface area contributed by atoms with Crippen molar-refractivity contribution in [1.29, 1.82) is 0 Å². The second kappa shape index (κ2) is 10.2. The van der Waals surface area contributed by atoms with Crippen LogP contribution in [0.5, 0.6) is 0 Å². The van der Waals surface area contributed by atoms with Gasteiger partial charge in [0, 0.05) is 24.9 Å². The van der Waals surface area contributed by atoms with E-state index in [1.165, 1.54) is 31.4 Å². The number of halogens is 1. The summed E-state index contributed by atoms with van der Waals surface area (Å²) in [4.78, 5) is 4.32. The average molecular weight is 441 g/mol. The Morgan fingerprint density at radius 3 is 2.64 bits per heavy atom. The molecule has 6 heteroatoms. The van der Waals surface area contributed by atoms with Gasteiger partial charge in [-0.25, -0.2) is 0 Å². The van der Waals surface area contributed by atoms with Crippen LogP contribution < -0.4 is 10.6 Å². The summed E-state index contributed by atoms with van der Waals surface area (Å²) in [6.45, 7) is 2.86. The van der Waals surface area contributed by atoms with Crippen molar-refractivity contribution < 1.29 is 5.11 Å². The number of hydrogen-bond donors (Lipinski definition) is 3. The Hall–Kier alpha value is 0.310. The summed E-state index contributed by atoms with van der Waals surface area (Å²) in [5, 5.41) is 18.1. The quantitative estimate of drug-likeness (QED) is 0.349. The summed E-state index contributed by atoms with van der Waals surface area (Å²) in [5.41, 5.74) is -0.523. The second-order valence-electron chi connectivity index (χ2n) is 6.44. The molecule has 2 unspecified atom stereocenters. The number of nitrogens with zero attached hydrogens (tertiary/aromatic N) is 1. The maximum absolute atomic E-state index is 10.4. The Balaban J connectivity index is 0.00000242. The van der Waals surface area contributed by atoms with E-state index in [4.69, 9.17) is 0 Å². The predicted molar refractivity (Wildman–Crippen MR) is 108 cm³/mol. The zero-order chi connectivity index (χ0) is 15.1. The van der Waals surface area contributed by atoms with Gasteiger partial charge in [-0.1, -0.05) is 26.2 Å². The lowest BCUT2D eigenvalue weighted by Gasteiger charge is -2.31. The SMILES string of the molecule is CCSC1CCCC(NC(=NC)NCC2(O)CCCC2)C1.I. The average Bonchev–Trinajstić information content (AvgIpc) is 2.91. The molecule has 130 valence electrons. The van der Waals surface area contributed by atoms with E-state index in [1.807, 2.05) is 7.05 Å². The highest BCUT2D eigenvalue weighted by Gasteiger charge is 2.31. The molecule has 4 nitrogen and oxygen atoms in total. The van der Waals surface area contributed by atoms with Crippen molar-refractivity contribution in [2.24, 2.45) is 4.99 Å². The number of aliphatic hydroxyl groups is 1. The van der Waals surface area contributed by atoms with Gasteiger partial charge in [0.2, 0.25) is 0 Å². The highest BCUT2D eigenvalue weighted by atomic mass is 127. The number of rotatable bonds is 5.